The Morgan fingerprint density at radius 1 is 1.53 bits per heavy atom. The van der Waals surface area contributed by atoms with Crippen LogP contribution in [0.15, 0.2) is 12.3 Å². The zero-order valence-corrected chi connectivity index (χ0v) is 8.84. The molecule has 0 spiro atoms. The SMILES string of the molecule is CC(C(=O)N(C)C)n1ccc(C(=O)O)n1. The predicted molar refractivity (Wildman–Crippen MR) is 52.6 cm³/mol. The summed E-state index contributed by atoms with van der Waals surface area (Å²) in [5, 5.41) is 12.4. The molecule has 0 aromatic carbocycles. The lowest BCUT2D eigenvalue weighted by Crippen LogP contribution is -2.30. The average molecular weight is 211 g/mol. The Kier molecular flexibility index (Phi) is 3.08. The van der Waals surface area contributed by atoms with Gasteiger partial charge in [-0.2, -0.15) is 5.10 Å². The van der Waals surface area contributed by atoms with Gasteiger partial charge in [0.15, 0.2) is 5.69 Å². The van der Waals surface area contributed by atoms with Crippen molar-refractivity contribution in [3.05, 3.63) is 18.0 Å². The van der Waals surface area contributed by atoms with Crippen molar-refractivity contribution >= 4 is 11.9 Å². The second-order valence-corrected chi connectivity index (χ2v) is 3.39. The number of carboxylic acid groups (broad SMARTS) is 1. The summed E-state index contributed by atoms with van der Waals surface area (Å²) in [5.41, 5.74) is -0.0617. The number of aromatic carboxylic acids is 1. The molecule has 0 fully saturated rings. The molecular formula is C9H13N3O3. The first-order chi connectivity index (χ1) is 6.93. The molecule has 0 saturated heterocycles. The van der Waals surface area contributed by atoms with Crippen molar-refractivity contribution in [3.63, 3.8) is 0 Å². The van der Waals surface area contributed by atoms with E-state index in [9.17, 15) is 9.59 Å². The van der Waals surface area contributed by atoms with E-state index in [4.69, 9.17) is 5.11 Å². The second-order valence-electron chi connectivity index (χ2n) is 3.39. The highest BCUT2D eigenvalue weighted by atomic mass is 16.4. The van der Waals surface area contributed by atoms with E-state index < -0.39 is 12.0 Å². The molecule has 1 rings (SSSR count). The molecule has 1 N–H and O–H groups in total. The van der Waals surface area contributed by atoms with Gasteiger partial charge in [-0.1, -0.05) is 0 Å². The lowest BCUT2D eigenvalue weighted by atomic mass is 10.3. The van der Waals surface area contributed by atoms with Gasteiger partial charge in [0.1, 0.15) is 6.04 Å². The molecule has 0 aliphatic carbocycles. The minimum absolute atomic E-state index is 0.0617. The largest absolute Gasteiger partial charge is 0.476 e. The number of aromatic nitrogens is 2. The van der Waals surface area contributed by atoms with Crippen molar-refractivity contribution in [2.75, 3.05) is 14.1 Å². The van der Waals surface area contributed by atoms with Crippen molar-refractivity contribution < 1.29 is 14.7 Å². The molecule has 0 aliphatic rings. The molecular weight excluding hydrogens is 198 g/mol. The summed E-state index contributed by atoms with van der Waals surface area (Å²) in [6, 6.07) is 0.870. The fraction of sp³-hybridized carbons (Fsp3) is 0.444. The van der Waals surface area contributed by atoms with Crippen molar-refractivity contribution in [1.29, 1.82) is 0 Å². The molecule has 1 amide bonds. The zero-order valence-electron chi connectivity index (χ0n) is 8.84. The molecule has 1 aromatic heterocycles. The number of carbonyl (C=O) groups excluding carboxylic acids is 1. The van der Waals surface area contributed by atoms with E-state index >= 15 is 0 Å². The van der Waals surface area contributed by atoms with Crippen LogP contribution in [-0.4, -0.2) is 45.8 Å². The van der Waals surface area contributed by atoms with Gasteiger partial charge >= 0.3 is 5.97 Å². The van der Waals surface area contributed by atoms with E-state index in [0.29, 0.717) is 0 Å². The Labute approximate surface area is 87.1 Å². The highest BCUT2D eigenvalue weighted by Gasteiger charge is 2.18. The molecule has 0 radical (unpaired) electrons. The van der Waals surface area contributed by atoms with Gasteiger partial charge in [0.2, 0.25) is 5.91 Å². The summed E-state index contributed by atoms with van der Waals surface area (Å²) in [6.07, 6.45) is 1.48. The Morgan fingerprint density at radius 3 is 2.53 bits per heavy atom. The highest BCUT2D eigenvalue weighted by Crippen LogP contribution is 2.08. The number of amides is 1. The molecule has 15 heavy (non-hydrogen) atoms. The van der Waals surface area contributed by atoms with Crippen LogP contribution >= 0.6 is 0 Å². The lowest BCUT2D eigenvalue weighted by Gasteiger charge is -2.16. The summed E-state index contributed by atoms with van der Waals surface area (Å²) in [6.45, 7) is 1.67. The third kappa shape index (κ3) is 2.34. The van der Waals surface area contributed by atoms with Crippen LogP contribution in [0.5, 0.6) is 0 Å². The van der Waals surface area contributed by atoms with Crippen LogP contribution in [0.1, 0.15) is 23.5 Å². The van der Waals surface area contributed by atoms with Crippen molar-refractivity contribution in [3.8, 4) is 0 Å². The molecule has 82 valence electrons. The normalized spacial score (nSPS) is 12.2. The maximum Gasteiger partial charge on any atom is 0.356 e. The molecule has 0 bridgehead atoms. The van der Waals surface area contributed by atoms with Crippen LogP contribution in [0.25, 0.3) is 0 Å². The smallest absolute Gasteiger partial charge is 0.356 e. The number of likely N-dealkylation sites (N-methyl/N-ethyl adjacent to an activating group) is 1. The maximum atomic E-state index is 11.5. The Balaban J connectivity index is 2.87. The minimum Gasteiger partial charge on any atom is -0.476 e. The van der Waals surface area contributed by atoms with Crippen LogP contribution in [0.2, 0.25) is 0 Å². The first kappa shape index (κ1) is 11.2. The standard InChI is InChI=1S/C9H13N3O3/c1-6(8(13)11(2)3)12-5-4-7(10-12)9(14)15/h4-6H,1-3H3,(H,14,15). The van der Waals surface area contributed by atoms with Crippen LogP contribution in [0.3, 0.4) is 0 Å². The number of carboxylic acids is 1. The lowest BCUT2D eigenvalue weighted by molar-refractivity contribution is -0.132. The van der Waals surface area contributed by atoms with Gasteiger partial charge in [0.05, 0.1) is 0 Å². The molecule has 0 aliphatic heterocycles. The van der Waals surface area contributed by atoms with Crippen LogP contribution < -0.4 is 0 Å². The van der Waals surface area contributed by atoms with E-state index in [1.807, 2.05) is 0 Å². The molecule has 6 nitrogen and oxygen atoms in total. The number of hydrogen-bond acceptors (Lipinski definition) is 3. The topological polar surface area (TPSA) is 75.4 Å². The van der Waals surface area contributed by atoms with E-state index in [1.54, 1.807) is 21.0 Å². The molecule has 0 saturated carbocycles. The van der Waals surface area contributed by atoms with Gasteiger partial charge in [-0.05, 0) is 13.0 Å². The first-order valence-corrected chi connectivity index (χ1v) is 4.43. The fourth-order valence-corrected chi connectivity index (χ4v) is 1.15. The average Bonchev–Trinajstić information content (AvgIpc) is 2.64. The molecule has 1 heterocycles. The molecule has 1 unspecified atom stereocenters. The van der Waals surface area contributed by atoms with Gasteiger partial charge in [-0.3, -0.25) is 9.48 Å². The summed E-state index contributed by atoms with van der Waals surface area (Å²) < 4.78 is 1.34. The quantitative estimate of drug-likeness (QED) is 0.776. The number of nitrogens with zero attached hydrogens (tertiary/aromatic N) is 3. The first-order valence-electron chi connectivity index (χ1n) is 4.43. The van der Waals surface area contributed by atoms with Gasteiger partial charge in [-0.25, -0.2) is 4.79 Å². The zero-order chi connectivity index (χ0) is 11.6. The number of rotatable bonds is 3. The van der Waals surface area contributed by atoms with Crippen molar-refractivity contribution in [2.24, 2.45) is 0 Å². The Bertz CT molecular complexity index is 384. The summed E-state index contributed by atoms with van der Waals surface area (Å²) in [5.74, 6) is -1.23. The summed E-state index contributed by atoms with van der Waals surface area (Å²) in [7, 11) is 3.28. The van der Waals surface area contributed by atoms with Gasteiger partial charge in [0, 0.05) is 20.3 Å². The van der Waals surface area contributed by atoms with Crippen molar-refractivity contribution in [1.82, 2.24) is 14.7 Å². The summed E-state index contributed by atoms with van der Waals surface area (Å²) in [4.78, 5) is 23.5. The molecule has 1 atom stereocenters. The molecule has 6 heteroatoms. The van der Waals surface area contributed by atoms with Gasteiger partial charge in [-0.15, -0.1) is 0 Å². The van der Waals surface area contributed by atoms with Crippen molar-refractivity contribution in [2.45, 2.75) is 13.0 Å². The van der Waals surface area contributed by atoms with E-state index in [-0.39, 0.29) is 11.6 Å². The maximum absolute atomic E-state index is 11.5. The molecule has 1 aromatic rings. The third-order valence-corrected chi connectivity index (χ3v) is 2.02. The number of carbonyl (C=O) groups is 2. The van der Waals surface area contributed by atoms with E-state index in [2.05, 4.69) is 5.10 Å². The third-order valence-electron chi connectivity index (χ3n) is 2.02. The van der Waals surface area contributed by atoms with E-state index in [0.717, 1.165) is 0 Å². The van der Waals surface area contributed by atoms with Crippen LogP contribution in [-0.2, 0) is 4.79 Å². The van der Waals surface area contributed by atoms with Crippen LogP contribution in [0, 0.1) is 0 Å². The van der Waals surface area contributed by atoms with Gasteiger partial charge in [0.25, 0.3) is 0 Å². The second kappa shape index (κ2) is 4.12. The minimum atomic E-state index is -1.10. The van der Waals surface area contributed by atoms with E-state index in [1.165, 1.54) is 21.8 Å². The predicted octanol–water partition coefficient (Wildman–Crippen LogP) is 0.230. The Hall–Kier alpha value is -1.85. The Morgan fingerprint density at radius 2 is 2.13 bits per heavy atom. The van der Waals surface area contributed by atoms with Crippen LogP contribution in [0.4, 0.5) is 0 Å². The highest BCUT2D eigenvalue weighted by molar-refractivity contribution is 5.85. The monoisotopic (exact) mass is 211 g/mol. The fourth-order valence-electron chi connectivity index (χ4n) is 1.15. The van der Waals surface area contributed by atoms with Gasteiger partial charge < -0.3 is 10.0 Å². The summed E-state index contributed by atoms with van der Waals surface area (Å²) >= 11 is 0. The number of hydrogen-bond donors (Lipinski definition) is 1.